The summed E-state index contributed by atoms with van der Waals surface area (Å²) in [6.45, 7) is 4.25. The molecule has 0 N–H and O–H groups in total. The average Bonchev–Trinajstić information content (AvgIpc) is 2.03. The molecular weight excluding hydrogens is 180 g/mol. The Morgan fingerprint density at radius 1 is 1.38 bits per heavy atom. The summed E-state index contributed by atoms with van der Waals surface area (Å²) in [5.74, 6) is 0.462. The van der Waals surface area contributed by atoms with E-state index in [0.29, 0.717) is 12.3 Å². The summed E-state index contributed by atoms with van der Waals surface area (Å²) in [4.78, 5) is 10.9. The van der Waals surface area contributed by atoms with Gasteiger partial charge in [0.2, 0.25) is 0 Å². The lowest BCUT2D eigenvalue weighted by molar-refractivity contribution is -0.110. The van der Waals surface area contributed by atoms with Crippen LogP contribution in [0.1, 0.15) is 30.9 Å². The minimum atomic E-state index is -0.0758. The third kappa shape index (κ3) is 2.88. The lowest BCUT2D eigenvalue weighted by Gasteiger charge is -2.10. The standard InChI is InChI=1S/C11H14OS/c1-8(2)10-6-4-3-5-9(10)7-11(12)13/h3-6,8H,7H2,1-2H3,(H,12,13). The Bertz CT molecular complexity index is 305. The number of carbonyl (C=O) groups excluding carboxylic acids is 1. The molecule has 1 nitrogen and oxygen atoms in total. The van der Waals surface area contributed by atoms with E-state index in [-0.39, 0.29) is 5.12 Å². The second-order valence-electron chi connectivity index (χ2n) is 3.42. The van der Waals surface area contributed by atoms with Gasteiger partial charge in [-0.05, 0) is 17.0 Å². The normalized spacial score (nSPS) is 10.5. The molecule has 0 aromatic heterocycles. The first-order valence-electron chi connectivity index (χ1n) is 4.41. The lowest BCUT2D eigenvalue weighted by Crippen LogP contribution is -2.00. The van der Waals surface area contributed by atoms with Crippen molar-refractivity contribution in [2.75, 3.05) is 0 Å². The van der Waals surface area contributed by atoms with Gasteiger partial charge in [-0.15, -0.1) is 12.6 Å². The second kappa shape index (κ2) is 4.47. The maximum atomic E-state index is 10.9. The summed E-state index contributed by atoms with van der Waals surface area (Å²) in [7, 11) is 0. The van der Waals surface area contributed by atoms with Gasteiger partial charge in [0.1, 0.15) is 0 Å². The minimum absolute atomic E-state index is 0.0758. The van der Waals surface area contributed by atoms with Crippen molar-refractivity contribution >= 4 is 17.7 Å². The summed E-state index contributed by atoms with van der Waals surface area (Å²) in [6.07, 6.45) is 0.428. The molecular formula is C11H14OS. The Hall–Kier alpha value is -0.760. The summed E-state index contributed by atoms with van der Waals surface area (Å²) in [5.41, 5.74) is 2.34. The first kappa shape index (κ1) is 10.3. The zero-order chi connectivity index (χ0) is 9.84. The molecule has 1 aromatic carbocycles. The van der Waals surface area contributed by atoms with Crippen molar-refractivity contribution in [1.82, 2.24) is 0 Å². The van der Waals surface area contributed by atoms with Crippen LogP contribution in [0, 0.1) is 0 Å². The maximum absolute atomic E-state index is 10.9. The van der Waals surface area contributed by atoms with Crippen LogP contribution in [0.15, 0.2) is 24.3 Å². The topological polar surface area (TPSA) is 17.1 Å². The molecule has 13 heavy (non-hydrogen) atoms. The largest absolute Gasteiger partial charge is 0.287 e. The molecule has 0 fully saturated rings. The third-order valence-corrected chi connectivity index (χ3v) is 2.18. The molecule has 0 atom stereocenters. The van der Waals surface area contributed by atoms with Crippen molar-refractivity contribution in [3.05, 3.63) is 35.4 Å². The van der Waals surface area contributed by atoms with Crippen LogP contribution >= 0.6 is 12.6 Å². The van der Waals surface area contributed by atoms with E-state index >= 15 is 0 Å². The summed E-state index contributed by atoms with van der Waals surface area (Å²) < 4.78 is 0. The Kier molecular flexibility index (Phi) is 3.55. The van der Waals surface area contributed by atoms with Crippen LogP contribution in [0.25, 0.3) is 0 Å². The van der Waals surface area contributed by atoms with Gasteiger partial charge >= 0.3 is 0 Å². The van der Waals surface area contributed by atoms with Crippen molar-refractivity contribution in [1.29, 1.82) is 0 Å². The van der Waals surface area contributed by atoms with Crippen LogP contribution in [0.5, 0.6) is 0 Å². The van der Waals surface area contributed by atoms with E-state index in [1.54, 1.807) is 0 Å². The second-order valence-corrected chi connectivity index (χ2v) is 3.92. The van der Waals surface area contributed by atoms with Gasteiger partial charge in [-0.1, -0.05) is 38.1 Å². The van der Waals surface area contributed by atoms with Gasteiger partial charge in [-0.2, -0.15) is 0 Å². The van der Waals surface area contributed by atoms with Crippen molar-refractivity contribution in [3.63, 3.8) is 0 Å². The highest BCUT2D eigenvalue weighted by atomic mass is 32.1. The van der Waals surface area contributed by atoms with Gasteiger partial charge in [0.15, 0.2) is 5.12 Å². The third-order valence-electron chi connectivity index (χ3n) is 2.02. The van der Waals surface area contributed by atoms with Gasteiger partial charge in [-0.3, -0.25) is 4.79 Å². The van der Waals surface area contributed by atoms with Crippen molar-refractivity contribution in [3.8, 4) is 0 Å². The van der Waals surface area contributed by atoms with Crippen LogP contribution in [0.2, 0.25) is 0 Å². The molecule has 0 heterocycles. The summed E-state index contributed by atoms with van der Waals surface area (Å²) in [6, 6.07) is 8.01. The van der Waals surface area contributed by atoms with Crippen LogP contribution in [0.4, 0.5) is 0 Å². The zero-order valence-corrected chi connectivity index (χ0v) is 8.84. The Morgan fingerprint density at radius 2 is 2.00 bits per heavy atom. The Balaban J connectivity index is 2.97. The summed E-state index contributed by atoms with van der Waals surface area (Å²) in [5, 5.41) is -0.0758. The number of thiol groups is 1. The van der Waals surface area contributed by atoms with E-state index in [9.17, 15) is 4.79 Å². The van der Waals surface area contributed by atoms with Crippen LogP contribution in [-0.2, 0) is 11.2 Å². The molecule has 2 heteroatoms. The lowest BCUT2D eigenvalue weighted by atomic mass is 9.96. The SMILES string of the molecule is CC(C)c1ccccc1CC(=O)S. The fourth-order valence-corrected chi connectivity index (χ4v) is 1.59. The molecule has 0 saturated heterocycles. The Morgan fingerprint density at radius 3 is 2.54 bits per heavy atom. The molecule has 70 valence electrons. The smallest absolute Gasteiger partial charge is 0.190 e. The van der Waals surface area contributed by atoms with Gasteiger partial charge < -0.3 is 0 Å². The van der Waals surface area contributed by atoms with Gasteiger partial charge in [0, 0.05) is 6.42 Å². The minimum Gasteiger partial charge on any atom is -0.287 e. The molecule has 0 aliphatic rings. The predicted octanol–water partition coefficient (Wildman–Crippen LogP) is 2.81. The zero-order valence-electron chi connectivity index (χ0n) is 7.95. The fourth-order valence-electron chi connectivity index (χ4n) is 1.42. The van der Waals surface area contributed by atoms with E-state index in [0.717, 1.165) is 5.56 Å². The average molecular weight is 194 g/mol. The molecule has 1 rings (SSSR count). The number of benzene rings is 1. The summed E-state index contributed by atoms with van der Waals surface area (Å²) >= 11 is 3.79. The number of rotatable bonds is 3. The molecule has 0 amide bonds. The molecule has 0 saturated carbocycles. The highest BCUT2D eigenvalue weighted by Gasteiger charge is 2.07. The highest BCUT2D eigenvalue weighted by Crippen LogP contribution is 2.19. The monoisotopic (exact) mass is 194 g/mol. The van der Waals surface area contributed by atoms with Crippen LogP contribution in [-0.4, -0.2) is 5.12 Å². The first-order valence-corrected chi connectivity index (χ1v) is 4.85. The number of hydrogen-bond donors (Lipinski definition) is 1. The molecule has 0 aliphatic heterocycles. The molecule has 0 aliphatic carbocycles. The van der Waals surface area contributed by atoms with Crippen LogP contribution < -0.4 is 0 Å². The molecule has 0 bridgehead atoms. The van der Waals surface area contributed by atoms with Crippen molar-refractivity contribution in [2.24, 2.45) is 0 Å². The highest BCUT2D eigenvalue weighted by molar-refractivity contribution is 7.96. The Labute approximate surface area is 84.6 Å². The molecule has 0 spiro atoms. The molecule has 1 aromatic rings. The van der Waals surface area contributed by atoms with E-state index in [1.165, 1.54) is 5.56 Å². The van der Waals surface area contributed by atoms with E-state index in [1.807, 2.05) is 18.2 Å². The predicted molar refractivity (Wildman–Crippen MR) is 58.2 cm³/mol. The first-order chi connectivity index (χ1) is 6.11. The molecule has 0 unspecified atom stereocenters. The van der Waals surface area contributed by atoms with E-state index in [4.69, 9.17) is 0 Å². The van der Waals surface area contributed by atoms with Gasteiger partial charge in [-0.25, -0.2) is 0 Å². The van der Waals surface area contributed by atoms with Gasteiger partial charge in [0.05, 0.1) is 0 Å². The van der Waals surface area contributed by atoms with Crippen LogP contribution in [0.3, 0.4) is 0 Å². The maximum Gasteiger partial charge on any atom is 0.190 e. The van der Waals surface area contributed by atoms with Gasteiger partial charge in [0.25, 0.3) is 0 Å². The fraction of sp³-hybridized carbons (Fsp3) is 0.364. The van der Waals surface area contributed by atoms with E-state index < -0.39 is 0 Å². The molecule has 0 radical (unpaired) electrons. The van der Waals surface area contributed by atoms with Crippen molar-refractivity contribution < 1.29 is 4.79 Å². The number of hydrogen-bond acceptors (Lipinski definition) is 1. The van der Waals surface area contributed by atoms with E-state index in [2.05, 4.69) is 32.5 Å². The number of carbonyl (C=O) groups is 1. The quantitative estimate of drug-likeness (QED) is 0.732. The van der Waals surface area contributed by atoms with Crippen molar-refractivity contribution in [2.45, 2.75) is 26.2 Å².